The highest BCUT2D eigenvalue weighted by molar-refractivity contribution is 9.10. The summed E-state index contributed by atoms with van der Waals surface area (Å²) in [5.41, 5.74) is 0.435. The molecular weight excluding hydrogens is 311 g/mol. The van der Waals surface area contributed by atoms with Gasteiger partial charge in [0.05, 0.1) is 4.47 Å². The Bertz CT molecular complexity index is 461. The van der Waals surface area contributed by atoms with Crippen molar-refractivity contribution in [3.8, 4) is 0 Å². The third kappa shape index (κ3) is 5.28. The Kier molecular flexibility index (Phi) is 5.50. The van der Waals surface area contributed by atoms with E-state index < -0.39 is 0 Å². The molecule has 1 N–H and O–H groups in total. The van der Waals surface area contributed by atoms with E-state index in [2.05, 4.69) is 40.0 Å². The summed E-state index contributed by atoms with van der Waals surface area (Å²) in [6, 6.07) is 4.25. The Labute approximate surface area is 122 Å². The van der Waals surface area contributed by atoms with Gasteiger partial charge in [0.2, 0.25) is 0 Å². The number of amides is 1. The van der Waals surface area contributed by atoms with E-state index in [4.69, 9.17) is 0 Å². The van der Waals surface area contributed by atoms with Crippen LogP contribution in [0.25, 0.3) is 0 Å². The fourth-order valence-electron chi connectivity index (χ4n) is 1.97. The van der Waals surface area contributed by atoms with E-state index in [0.29, 0.717) is 16.6 Å². The third-order valence-electron chi connectivity index (χ3n) is 2.65. The Balaban J connectivity index is 2.62. The molecule has 0 fully saturated rings. The second-order valence-corrected chi connectivity index (χ2v) is 6.57. The average molecular weight is 331 g/mol. The maximum Gasteiger partial charge on any atom is 0.251 e. The van der Waals surface area contributed by atoms with E-state index in [-0.39, 0.29) is 17.1 Å². The minimum atomic E-state index is -0.371. The first-order chi connectivity index (χ1) is 8.71. The number of hydrogen-bond acceptors (Lipinski definition) is 2. The largest absolute Gasteiger partial charge is 0.351 e. The van der Waals surface area contributed by atoms with E-state index in [1.54, 1.807) is 0 Å². The van der Waals surface area contributed by atoms with Crippen molar-refractivity contribution in [3.05, 3.63) is 34.1 Å². The first kappa shape index (κ1) is 16.1. The molecule has 1 aromatic carbocycles. The van der Waals surface area contributed by atoms with Gasteiger partial charge in [-0.3, -0.25) is 4.79 Å². The van der Waals surface area contributed by atoms with Crippen LogP contribution >= 0.6 is 15.9 Å². The molecule has 0 aromatic heterocycles. The second kappa shape index (κ2) is 6.48. The van der Waals surface area contributed by atoms with Gasteiger partial charge in [-0.25, -0.2) is 4.39 Å². The minimum Gasteiger partial charge on any atom is -0.351 e. The van der Waals surface area contributed by atoms with Crippen molar-refractivity contribution in [2.75, 3.05) is 27.2 Å². The quantitative estimate of drug-likeness (QED) is 0.900. The van der Waals surface area contributed by atoms with E-state index in [1.165, 1.54) is 18.2 Å². The summed E-state index contributed by atoms with van der Waals surface area (Å²) in [5, 5.41) is 2.88. The topological polar surface area (TPSA) is 32.3 Å². The molecule has 19 heavy (non-hydrogen) atoms. The molecular formula is C14H20BrFN2O. The molecule has 0 spiro atoms. The van der Waals surface area contributed by atoms with Gasteiger partial charge < -0.3 is 10.2 Å². The first-order valence-electron chi connectivity index (χ1n) is 6.09. The number of nitrogens with one attached hydrogen (secondary N) is 1. The number of halogens is 2. The van der Waals surface area contributed by atoms with E-state index in [0.717, 1.165) is 6.54 Å². The molecule has 1 aromatic rings. The molecule has 0 saturated carbocycles. The van der Waals surface area contributed by atoms with Crippen LogP contribution in [0.3, 0.4) is 0 Å². The Hall–Kier alpha value is -0.940. The lowest BCUT2D eigenvalue weighted by atomic mass is 9.93. The predicted molar refractivity (Wildman–Crippen MR) is 78.8 cm³/mol. The van der Waals surface area contributed by atoms with Gasteiger partial charge in [0.15, 0.2) is 0 Å². The van der Waals surface area contributed by atoms with Crippen molar-refractivity contribution in [1.82, 2.24) is 10.2 Å². The number of nitrogens with zero attached hydrogens (tertiary/aromatic N) is 1. The predicted octanol–water partition coefficient (Wildman–Crippen LogP) is 2.91. The number of benzene rings is 1. The van der Waals surface area contributed by atoms with Gasteiger partial charge in [0, 0.05) is 18.7 Å². The molecule has 1 rings (SSSR count). The van der Waals surface area contributed by atoms with E-state index >= 15 is 0 Å². The zero-order valence-corrected chi connectivity index (χ0v) is 13.3. The van der Waals surface area contributed by atoms with Gasteiger partial charge in [0.25, 0.3) is 5.91 Å². The highest BCUT2D eigenvalue weighted by Crippen LogP contribution is 2.18. The molecule has 0 bridgehead atoms. The lowest BCUT2D eigenvalue weighted by Crippen LogP contribution is -2.39. The van der Waals surface area contributed by atoms with Crippen molar-refractivity contribution in [3.63, 3.8) is 0 Å². The van der Waals surface area contributed by atoms with Crippen molar-refractivity contribution in [2.45, 2.75) is 13.8 Å². The smallest absolute Gasteiger partial charge is 0.251 e. The monoisotopic (exact) mass is 330 g/mol. The van der Waals surface area contributed by atoms with Crippen molar-refractivity contribution >= 4 is 21.8 Å². The average Bonchev–Trinajstić information content (AvgIpc) is 2.28. The Morgan fingerprint density at radius 2 is 2.05 bits per heavy atom. The molecule has 0 aliphatic heterocycles. The zero-order chi connectivity index (χ0) is 14.6. The summed E-state index contributed by atoms with van der Waals surface area (Å²) < 4.78 is 13.4. The summed E-state index contributed by atoms with van der Waals surface area (Å²) in [4.78, 5) is 14.1. The van der Waals surface area contributed by atoms with Crippen LogP contribution in [0.4, 0.5) is 4.39 Å². The summed E-state index contributed by atoms with van der Waals surface area (Å²) in [7, 11) is 4.00. The number of carbonyl (C=O) groups is 1. The summed E-state index contributed by atoms with van der Waals surface area (Å²) in [6.45, 7) is 5.63. The molecule has 0 unspecified atom stereocenters. The Morgan fingerprint density at radius 3 is 2.58 bits per heavy atom. The fourth-order valence-corrected chi connectivity index (χ4v) is 2.35. The minimum absolute atomic E-state index is 0.0174. The van der Waals surface area contributed by atoms with Crippen LogP contribution in [-0.2, 0) is 0 Å². The molecule has 0 heterocycles. The lowest BCUT2D eigenvalue weighted by Gasteiger charge is -2.28. The summed E-state index contributed by atoms with van der Waals surface area (Å²) in [5.74, 6) is -0.558. The van der Waals surface area contributed by atoms with Gasteiger partial charge in [-0.2, -0.15) is 0 Å². The number of rotatable bonds is 5. The third-order valence-corrected chi connectivity index (χ3v) is 3.26. The lowest BCUT2D eigenvalue weighted by molar-refractivity contribution is 0.0929. The second-order valence-electron chi connectivity index (χ2n) is 5.71. The molecule has 1 amide bonds. The van der Waals surface area contributed by atoms with E-state index in [1.807, 2.05) is 14.1 Å². The summed E-state index contributed by atoms with van der Waals surface area (Å²) >= 11 is 3.08. The molecule has 0 aliphatic rings. The normalized spacial score (nSPS) is 11.7. The van der Waals surface area contributed by atoms with Gasteiger partial charge in [0.1, 0.15) is 5.82 Å². The number of carbonyl (C=O) groups excluding carboxylic acids is 1. The van der Waals surface area contributed by atoms with Gasteiger partial charge in [-0.05, 0) is 53.6 Å². The maximum atomic E-state index is 13.1. The molecule has 0 aliphatic carbocycles. The number of hydrogen-bond donors (Lipinski definition) is 1. The first-order valence-corrected chi connectivity index (χ1v) is 6.88. The highest BCUT2D eigenvalue weighted by Gasteiger charge is 2.20. The van der Waals surface area contributed by atoms with Crippen LogP contribution in [0.5, 0.6) is 0 Å². The molecule has 0 saturated heterocycles. The standard InChI is InChI=1S/C14H20BrFN2O/c1-14(2,9-18(3)4)8-17-13(19)10-5-6-12(16)11(15)7-10/h5-7H,8-9H2,1-4H3,(H,17,19). The zero-order valence-electron chi connectivity index (χ0n) is 11.8. The van der Waals surface area contributed by atoms with E-state index in [9.17, 15) is 9.18 Å². The van der Waals surface area contributed by atoms with Crippen molar-refractivity contribution in [1.29, 1.82) is 0 Å². The SMILES string of the molecule is CN(C)CC(C)(C)CNC(=O)c1ccc(F)c(Br)c1. The van der Waals surface area contributed by atoms with Crippen LogP contribution in [-0.4, -0.2) is 38.0 Å². The van der Waals surface area contributed by atoms with Crippen molar-refractivity contribution < 1.29 is 9.18 Å². The summed E-state index contributed by atoms with van der Waals surface area (Å²) in [6.07, 6.45) is 0. The molecule has 106 valence electrons. The van der Waals surface area contributed by atoms with Gasteiger partial charge >= 0.3 is 0 Å². The molecule has 3 nitrogen and oxygen atoms in total. The van der Waals surface area contributed by atoms with Gasteiger partial charge in [-0.1, -0.05) is 13.8 Å². The highest BCUT2D eigenvalue weighted by atomic mass is 79.9. The fraction of sp³-hybridized carbons (Fsp3) is 0.500. The van der Waals surface area contributed by atoms with Crippen molar-refractivity contribution in [2.24, 2.45) is 5.41 Å². The molecule has 0 radical (unpaired) electrons. The van der Waals surface area contributed by atoms with Crippen LogP contribution in [0.15, 0.2) is 22.7 Å². The Morgan fingerprint density at radius 1 is 1.42 bits per heavy atom. The van der Waals surface area contributed by atoms with Crippen LogP contribution in [0.2, 0.25) is 0 Å². The molecule has 0 atom stereocenters. The van der Waals surface area contributed by atoms with Crippen LogP contribution in [0.1, 0.15) is 24.2 Å². The molecule has 5 heteroatoms. The van der Waals surface area contributed by atoms with Gasteiger partial charge in [-0.15, -0.1) is 0 Å². The maximum absolute atomic E-state index is 13.1. The van der Waals surface area contributed by atoms with Crippen LogP contribution < -0.4 is 5.32 Å². The van der Waals surface area contributed by atoms with Crippen LogP contribution in [0, 0.1) is 11.2 Å².